The van der Waals surface area contributed by atoms with Crippen LogP contribution in [0.1, 0.15) is 16.1 Å². The molecule has 0 bridgehead atoms. The molecule has 0 aliphatic rings. The van der Waals surface area contributed by atoms with Gasteiger partial charge in [-0.25, -0.2) is 4.98 Å². The molecule has 0 aliphatic carbocycles. The Morgan fingerprint density at radius 2 is 1.96 bits per heavy atom. The van der Waals surface area contributed by atoms with E-state index in [4.69, 9.17) is 4.42 Å². The van der Waals surface area contributed by atoms with E-state index in [9.17, 15) is 4.79 Å². The van der Waals surface area contributed by atoms with E-state index in [1.807, 2.05) is 54.6 Å². The highest BCUT2D eigenvalue weighted by atomic mass is 32.1. The molecule has 0 aliphatic heterocycles. The molecule has 5 rings (SSSR count). The van der Waals surface area contributed by atoms with Gasteiger partial charge in [0.05, 0.1) is 5.51 Å². The molecule has 2 aromatic carbocycles. The average molecular weight is 373 g/mol. The van der Waals surface area contributed by atoms with Crippen LogP contribution in [-0.4, -0.2) is 15.9 Å². The van der Waals surface area contributed by atoms with Crippen LogP contribution in [0.2, 0.25) is 0 Å². The zero-order chi connectivity index (χ0) is 18.2. The summed E-state index contributed by atoms with van der Waals surface area (Å²) >= 11 is 1.48. The zero-order valence-electron chi connectivity index (χ0n) is 14.2. The number of H-pyrrole nitrogens is 1. The Morgan fingerprint density at radius 3 is 2.85 bits per heavy atom. The van der Waals surface area contributed by atoms with Crippen LogP contribution in [0.5, 0.6) is 0 Å². The van der Waals surface area contributed by atoms with Gasteiger partial charge < -0.3 is 14.7 Å². The molecule has 5 nitrogen and oxygen atoms in total. The summed E-state index contributed by atoms with van der Waals surface area (Å²) in [6.45, 7) is 0.409. The minimum Gasteiger partial charge on any atom is -0.456 e. The first kappa shape index (κ1) is 15.8. The molecule has 0 saturated carbocycles. The number of amides is 1. The van der Waals surface area contributed by atoms with Crippen LogP contribution in [0.25, 0.3) is 32.6 Å². The highest BCUT2D eigenvalue weighted by Crippen LogP contribution is 2.30. The lowest BCUT2D eigenvalue weighted by atomic mass is 10.0. The van der Waals surface area contributed by atoms with Gasteiger partial charge in [0, 0.05) is 17.5 Å². The fourth-order valence-electron chi connectivity index (χ4n) is 3.17. The molecule has 3 heterocycles. The number of rotatable bonds is 4. The Bertz CT molecular complexity index is 1200. The maximum Gasteiger partial charge on any atom is 0.268 e. The average Bonchev–Trinajstić information content (AvgIpc) is 3.40. The van der Waals surface area contributed by atoms with Crippen LogP contribution in [0.15, 0.2) is 70.6 Å². The van der Waals surface area contributed by atoms with Gasteiger partial charge in [0.2, 0.25) is 0 Å². The van der Waals surface area contributed by atoms with E-state index in [0.717, 1.165) is 38.2 Å². The SMILES string of the molecule is O=C(NCc1ccccc1-c1cc2ccccc2o1)c1cc2ncsc2[nH]1. The summed E-state index contributed by atoms with van der Waals surface area (Å²) in [6.07, 6.45) is 0. The number of furan rings is 1. The first-order valence-corrected chi connectivity index (χ1v) is 9.43. The molecule has 3 aromatic heterocycles. The molecule has 0 fully saturated rings. The van der Waals surface area contributed by atoms with E-state index >= 15 is 0 Å². The number of benzene rings is 2. The minimum absolute atomic E-state index is 0.153. The topological polar surface area (TPSA) is 70.9 Å². The molecule has 27 heavy (non-hydrogen) atoms. The summed E-state index contributed by atoms with van der Waals surface area (Å²) in [5, 5.41) is 4.04. The minimum atomic E-state index is -0.153. The molecular weight excluding hydrogens is 358 g/mol. The number of thiazole rings is 1. The fraction of sp³-hybridized carbons (Fsp3) is 0.0476. The number of nitrogens with zero attached hydrogens (tertiary/aromatic N) is 1. The van der Waals surface area contributed by atoms with Gasteiger partial charge in [-0.2, -0.15) is 0 Å². The monoisotopic (exact) mass is 373 g/mol. The number of hydrogen-bond acceptors (Lipinski definition) is 4. The van der Waals surface area contributed by atoms with Crippen LogP contribution < -0.4 is 5.32 Å². The molecular formula is C21H15N3O2S. The summed E-state index contributed by atoms with van der Waals surface area (Å²) in [6, 6.07) is 19.7. The van der Waals surface area contributed by atoms with Crippen molar-refractivity contribution in [3.8, 4) is 11.3 Å². The van der Waals surface area contributed by atoms with Crippen molar-refractivity contribution in [2.45, 2.75) is 6.54 Å². The number of aromatic nitrogens is 2. The van der Waals surface area contributed by atoms with Crippen LogP contribution in [0, 0.1) is 0 Å². The Labute approximate surface area is 158 Å². The molecule has 1 amide bonds. The van der Waals surface area contributed by atoms with Gasteiger partial charge in [0.25, 0.3) is 5.91 Å². The van der Waals surface area contributed by atoms with E-state index in [0.29, 0.717) is 12.2 Å². The van der Waals surface area contributed by atoms with Crippen molar-refractivity contribution < 1.29 is 9.21 Å². The maximum absolute atomic E-state index is 12.5. The first-order valence-electron chi connectivity index (χ1n) is 8.55. The third kappa shape index (κ3) is 2.90. The molecule has 0 atom stereocenters. The third-order valence-electron chi connectivity index (χ3n) is 4.52. The number of hydrogen-bond donors (Lipinski definition) is 2. The largest absolute Gasteiger partial charge is 0.456 e. The van der Waals surface area contributed by atoms with Crippen LogP contribution in [-0.2, 0) is 6.54 Å². The Balaban J connectivity index is 1.40. The van der Waals surface area contributed by atoms with Crippen molar-refractivity contribution in [3.63, 3.8) is 0 Å². The molecule has 6 heteroatoms. The Hall–Kier alpha value is -3.38. The number of aromatic amines is 1. The highest BCUT2D eigenvalue weighted by molar-refractivity contribution is 7.16. The van der Waals surface area contributed by atoms with Crippen molar-refractivity contribution in [3.05, 3.63) is 77.4 Å². The second-order valence-corrected chi connectivity index (χ2v) is 7.09. The lowest BCUT2D eigenvalue weighted by Crippen LogP contribution is -2.23. The first-order chi connectivity index (χ1) is 13.3. The van der Waals surface area contributed by atoms with Crippen LogP contribution in [0.4, 0.5) is 0 Å². The van der Waals surface area contributed by atoms with Crippen molar-refractivity contribution in [1.82, 2.24) is 15.3 Å². The van der Waals surface area contributed by atoms with Gasteiger partial charge in [-0.15, -0.1) is 11.3 Å². The zero-order valence-corrected chi connectivity index (χ0v) is 15.0. The molecule has 0 unspecified atom stereocenters. The molecule has 0 spiro atoms. The second-order valence-electron chi connectivity index (χ2n) is 6.24. The highest BCUT2D eigenvalue weighted by Gasteiger charge is 2.13. The van der Waals surface area contributed by atoms with Gasteiger partial charge in [-0.3, -0.25) is 4.79 Å². The summed E-state index contributed by atoms with van der Waals surface area (Å²) in [4.78, 5) is 20.7. The summed E-state index contributed by atoms with van der Waals surface area (Å²) in [7, 11) is 0. The predicted molar refractivity (Wildman–Crippen MR) is 107 cm³/mol. The Kier molecular flexibility index (Phi) is 3.76. The number of carbonyl (C=O) groups excluding carboxylic acids is 1. The van der Waals surface area contributed by atoms with E-state index < -0.39 is 0 Å². The standard InChI is InChI=1S/C21H15N3O2S/c25-20(16-10-17-21(24-16)27-12-23-17)22-11-14-6-1-3-7-15(14)19-9-13-5-2-4-8-18(13)26-19/h1-10,12,24H,11H2,(H,22,25). The van der Waals surface area contributed by atoms with Crippen molar-refractivity contribution in [2.75, 3.05) is 0 Å². The maximum atomic E-state index is 12.5. The molecule has 132 valence electrons. The molecule has 5 aromatic rings. The van der Waals surface area contributed by atoms with Gasteiger partial charge >= 0.3 is 0 Å². The van der Waals surface area contributed by atoms with Gasteiger partial charge in [0.15, 0.2) is 0 Å². The van der Waals surface area contributed by atoms with Crippen molar-refractivity contribution in [2.24, 2.45) is 0 Å². The summed E-state index contributed by atoms with van der Waals surface area (Å²) < 4.78 is 5.99. The number of fused-ring (bicyclic) bond motifs is 2. The smallest absolute Gasteiger partial charge is 0.268 e. The van der Waals surface area contributed by atoms with Gasteiger partial charge in [-0.05, 0) is 23.8 Å². The summed E-state index contributed by atoms with van der Waals surface area (Å²) in [5.74, 6) is 0.644. The lowest BCUT2D eigenvalue weighted by Gasteiger charge is -2.08. The summed E-state index contributed by atoms with van der Waals surface area (Å²) in [5.41, 5.74) is 5.91. The van der Waals surface area contributed by atoms with Crippen LogP contribution in [0.3, 0.4) is 0 Å². The fourth-order valence-corrected chi connectivity index (χ4v) is 3.84. The quantitative estimate of drug-likeness (QED) is 0.467. The third-order valence-corrected chi connectivity index (χ3v) is 5.27. The lowest BCUT2D eigenvalue weighted by molar-refractivity contribution is 0.0947. The normalized spacial score (nSPS) is 11.3. The Morgan fingerprint density at radius 1 is 1.11 bits per heavy atom. The van der Waals surface area contributed by atoms with E-state index in [1.54, 1.807) is 11.6 Å². The predicted octanol–water partition coefficient (Wildman–Crippen LogP) is 4.97. The van der Waals surface area contributed by atoms with Gasteiger partial charge in [-0.1, -0.05) is 42.5 Å². The molecule has 2 N–H and O–H groups in total. The number of carbonyl (C=O) groups is 1. The van der Waals surface area contributed by atoms with Crippen molar-refractivity contribution >= 4 is 38.6 Å². The molecule has 0 saturated heterocycles. The van der Waals surface area contributed by atoms with Crippen LogP contribution >= 0.6 is 11.3 Å². The van der Waals surface area contributed by atoms with E-state index in [2.05, 4.69) is 15.3 Å². The van der Waals surface area contributed by atoms with Crippen molar-refractivity contribution in [1.29, 1.82) is 0 Å². The van der Waals surface area contributed by atoms with Gasteiger partial charge in [0.1, 0.15) is 27.4 Å². The number of para-hydroxylation sites is 1. The van der Waals surface area contributed by atoms with E-state index in [1.165, 1.54) is 11.3 Å². The molecule has 0 radical (unpaired) electrons. The number of nitrogens with one attached hydrogen (secondary N) is 2. The van der Waals surface area contributed by atoms with E-state index in [-0.39, 0.29) is 5.91 Å². The second kappa shape index (κ2) is 6.41.